The number of nitrogens with zero attached hydrogens (tertiary/aromatic N) is 4. The summed E-state index contributed by atoms with van der Waals surface area (Å²) >= 11 is 6.10. The van der Waals surface area contributed by atoms with Gasteiger partial charge in [-0.25, -0.2) is 14.8 Å². The first kappa shape index (κ1) is 46.1. The van der Waals surface area contributed by atoms with Crippen LogP contribution in [0.1, 0.15) is 72.1 Å². The number of benzene rings is 2. The van der Waals surface area contributed by atoms with Crippen molar-refractivity contribution in [2.24, 2.45) is 0 Å². The predicted molar refractivity (Wildman–Crippen MR) is 215 cm³/mol. The van der Waals surface area contributed by atoms with Crippen molar-refractivity contribution in [1.82, 2.24) is 30.4 Å². The molecule has 2 aromatic carbocycles. The van der Waals surface area contributed by atoms with Gasteiger partial charge in [-0.1, -0.05) is 42.3 Å². The number of nitrogens with one attached hydrogen (secondary N) is 2. The van der Waals surface area contributed by atoms with E-state index in [2.05, 4.69) is 30.2 Å². The van der Waals surface area contributed by atoms with Crippen LogP contribution in [0.25, 0.3) is 0 Å². The van der Waals surface area contributed by atoms with Gasteiger partial charge in [0.05, 0.1) is 13.2 Å². The number of carbonyl (C=O) groups excluding carboxylic acids is 3. The highest BCUT2D eigenvalue weighted by Crippen LogP contribution is 2.32. The van der Waals surface area contributed by atoms with E-state index >= 15 is 0 Å². The van der Waals surface area contributed by atoms with Gasteiger partial charge in [-0.15, -0.1) is 24.8 Å². The number of anilines is 2. The predicted octanol–water partition coefficient (Wildman–Crippen LogP) is 4.66. The molecule has 1 fully saturated rings. The third-order valence-electron chi connectivity index (χ3n) is 8.94. The summed E-state index contributed by atoms with van der Waals surface area (Å²) < 4.78 is 16.0. The minimum Gasteiger partial charge on any atom is -0.484 e. The molecule has 0 bridgehead atoms. The average Bonchev–Trinajstić information content (AvgIpc) is 3.14. The summed E-state index contributed by atoms with van der Waals surface area (Å²) in [4.78, 5) is 50.0. The van der Waals surface area contributed by atoms with E-state index in [4.69, 9.17) is 32.5 Å². The third-order valence-corrected chi connectivity index (χ3v) is 9.22. The Morgan fingerprint density at radius 1 is 0.852 bits per heavy atom. The maximum atomic E-state index is 13.6. The number of aromatic nitrogens is 2. The van der Waals surface area contributed by atoms with E-state index in [1.54, 1.807) is 12.1 Å². The number of hydrogen-bond donors (Lipinski definition) is 4. The second kappa shape index (κ2) is 23.6. The first-order chi connectivity index (χ1) is 25.0. The maximum absolute atomic E-state index is 13.6. The van der Waals surface area contributed by atoms with Crippen molar-refractivity contribution in [2.45, 2.75) is 50.5 Å². The number of nitrogens with two attached hydrogens (primary N) is 2. The Bertz CT molecular complexity index is 1610. The van der Waals surface area contributed by atoms with Gasteiger partial charge in [0.15, 0.2) is 35.7 Å². The Balaban J connectivity index is 0.00000504. The Morgan fingerprint density at radius 2 is 1.46 bits per heavy atom. The van der Waals surface area contributed by atoms with Crippen LogP contribution in [0.2, 0.25) is 5.15 Å². The minimum atomic E-state index is -0.538. The molecule has 1 aromatic heterocycles. The van der Waals surface area contributed by atoms with E-state index < -0.39 is 17.9 Å². The first-order valence-electron chi connectivity index (χ1n) is 17.6. The van der Waals surface area contributed by atoms with Gasteiger partial charge in [0.2, 0.25) is 0 Å². The van der Waals surface area contributed by atoms with Crippen LogP contribution in [0.15, 0.2) is 48.5 Å². The lowest BCUT2D eigenvalue weighted by Crippen LogP contribution is -2.34. The summed E-state index contributed by atoms with van der Waals surface area (Å²) in [6.07, 6.45) is 5.88. The number of piperidine rings is 1. The van der Waals surface area contributed by atoms with Crippen LogP contribution in [-0.2, 0) is 14.3 Å². The van der Waals surface area contributed by atoms with Crippen LogP contribution < -0.4 is 31.6 Å². The van der Waals surface area contributed by atoms with Gasteiger partial charge in [0, 0.05) is 13.1 Å². The monoisotopic (exact) mass is 810 g/mol. The topological polar surface area (TPSA) is 187 Å². The van der Waals surface area contributed by atoms with Gasteiger partial charge in [0.1, 0.15) is 11.5 Å². The Hall–Kier alpha value is -4.08. The molecule has 2 heterocycles. The number of amides is 2. The molecule has 3 aromatic rings. The second-order valence-electron chi connectivity index (χ2n) is 13.1. The number of likely N-dealkylation sites (N-methyl/N-ethyl adjacent to an activating group) is 1. The lowest BCUT2D eigenvalue weighted by atomic mass is 9.87. The number of ether oxygens (including phenoxy) is 3. The van der Waals surface area contributed by atoms with Gasteiger partial charge in [-0.05, 0) is 107 Å². The van der Waals surface area contributed by atoms with E-state index in [0.717, 1.165) is 50.1 Å². The zero-order chi connectivity index (χ0) is 37.5. The Morgan fingerprint density at radius 3 is 2.07 bits per heavy atom. The molecule has 2 unspecified atom stereocenters. The molecule has 1 aliphatic heterocycles. The molecule has 2 amide bonds. The number of likely N-dealkylation sites (tertiary alicyclic amines) is 1. The van der Waals surface area contributed by atoms with E-state index in [1.165, 1.54) is 26.4 Å². The molecule has 14 nitrogen and oxygen atoms in total. The van der Waals surface area contributed by atoms with Crippen molar-refractivity contribution >= 4 is 65.8 Å². The van der Waals surface area contributed by atoms with Gasteiger partial charge < -0.3 is 46.1 Å². The zero-order valence-corrected chi connectivity index (χ0v) is 33.4. The highest BCUT2D eigenvalue weighted by molar-refractivity contribution is 6.31. The molecule has 0 aliphatic carbocycles. The molecule has 54 heavy (non-hydrogen) atoms. The van der Waals surface area contributed by atoms with Gasteiger partial charge in [0.25, 0.3) is 11.8 Å². The quantitative estimate of drug-likeness (QED) is 0.123. The van der Waals surface area contributed by atoms with Crippen molar-refractivity contribution in [3.8, 4) is 11.5 Å². The molecule has 0 spiro atoms. The summed E-state index contributed by atoms with van der Waals surface area (Å²) in [5, 5.41) is 5.81. The molecule has 1 aliphatic rings. The van der Waals surface area contributed by atoms with E-state index in [-0.39, 0.29) is 72.3 Å². The van der Waals surface area contributed by atoms with Crippen LogP contribution >= 0.6 is 36.4 Å². The summed E-state index contributed by atoms with van der Waals surface area (Å²) in [5.74, 6) is -0.146. The SMILES string of the molecule is COC(=O)COc1ccc(C(CCC(NC(=O)c2nc(Cl)c(N)nc2N)c2ccc(OCC(=O)NCCN(C)C)cc2)CCN2CCCCC2)cc1.Cl.Cl. The molecule has 17 heteroatoms. The second-order valence-corrected chi connectivity index (χ2v) is 13.4. The normalized spacial score (nSPS) is 13.8. The number of nitrogen functional groups attached to an aromatic ring is 2. The van der Waals surface area contributed by atoms with Gasteiger partial charge in [-0.2, -0.15) is 0 Å². The van der Waals surface area contributed by atoms with Crippen molar-refractivity contribution in [1.29, 1.82) is 0 Å². The van der Waals surface area contributed by atoms with Crippen LogP contribution in [0.3, 0.4) is 0 Å². The van der Waals surface area contributed by atoms with Crippen LogP contribution in [-0.4, -0.2) is 105 Å². The molecule has 298 valence electrons. The minimum absolute atomic E-state index is 0. The highest BCUT2D eigenvalue weighted by Gasteiger charge is 2.24. The number of hydrogen-bond acceptors (Lipinski definition) is 12. The van der Waals surface area contributed by atoms with E-state index in [9.17, 15) is 14.4 Å². The number of esters is 1. The average molecular weight is 812 g/mol. The van der Waals surface area contributed by atoms with Crippen molar-refractivity contribution in [3.05, 3.63) is 70.5 Å². The fourth-order valence-electron chi connectivity index (χ4n) is 5.98. The van der Waals surface area contributed by atoms with Gasteiger partial charge in [-0.3, -0.25) is 9.59 Å². The van der Waals surface area contributed by atoms with Crippen molar-refractivity contribution < 1.29 is 28.6 Å². The van der Waals surface area contributed by atoms with Crippen LogP contribution in [0.5, 0.6) is 11.5 Å². The molecular formula is C37H53Cl3N8O6. The molecular weight excluding hydrogens is 759 g/mol. The molecule has 2 atom stereocenters. The lowest BCUT2D eigenvalue weighted by molar-refractivity contribution is -0.142. The maximum Gasteiger partial charge on any atom is 0.343 e. The largest absolute Gasteiger partial charge is 0.484 e. The lowest BCUT2D eigenvalue weighted by Gasteiger charge is -2.29. The molecule has 1 saturated heterocycles. The Labute approximate surface area is 334 Å². The van der Waals surface area contributed by atoms with Crippen molar-refractivity contribution in [3.63, 3.8) is 0 Å². The smallest absolute Gasteiger partial charge is 0.343 e. The molecule has 0 saturated carbocycles. The van der Waals surface area contributed by atoms with Crippen molar-refractivity contribution in [2.75, 3.05) is 78.6 Å². The van der Waals surface area contributed by atoms with E-state index in [1.807, 2.05) is 55.4 Å². The number of methoxy groups -OCH3 is 1. The van der Waals surface area contributed by atoms with Crippen LogP contribution in [0, 0.1) is 0 Å². The highest BCUT2D eigenvalue weighted by atomic mass is 35.5. The standard InChI is InChI=1S/C37H51ClN8O6.2ClH/c1-45(2)22-18-41-31(47)23-51-28-14-9-27(10-15-28)30(42-37(49)33-35(39)44-36(40)34(38)43-33)16-11-26(17-21-46-19-5-4-6-20-46)25-7-12-29(13-8-25)52-24-32(48)50-3;;/h7-10,12-15,26,30H,4-6,11,16-24H2,1-3H3,(H,41,47)(H,42,49)(H4,39,40,44);2*1H. The van der Waals surface area contributed by atoms with E-state index in [0.29, 0.717) is 24.5 Å². The number of carbonyl (C=O) groups is 3. The van der Waals surface area contributed by atoms with Gasteiger partial charge >= 0.3 is 5.97 Å². The third kappa shape index (κ3) is 15.0. The first-order valence-corrected chi connectivity index (χ1v) is 18.0. The summed E-state index contributed by atoms with van der Waals surface area (Å²) in [6.45, 7) is 4.09. The summed E-state index contributed by atoms with van der Waals surface area (Å²) in [7, 11) is 5.20. The fourth-order valence-corrected chi connectivity index (χ4v) is 6.10. The summed E-state index contributed by atoms with van der Waals surface area (Å²) in [5.41, 5.74) is 13.6. The molecule has 6 N–H and O–H groups in total. The molecule has 4 rings (SSSR count). The molecule has 0 radical (unpaired) electrons. The fraction of sp³-hybridized carbons (Fsp3) is 0.486. The number of rotatable bonds is 19. The van der Waals surface area contributed by atoms with Crippen LogP contribution in [0.4, 0.5) is 11.6 Å². The zero-order valence-electron chi connectivity index (χ0n) is 31.1. The number of halogens is 3. The Kier molecular flexibility index (Phi) is 20.2. The summed E-state index contributed by atoms with van der Waals surface area (Å²) in [6, 6.07) is 14.6.